The van der Waals surface area contributed by atoms with Crippen molar-refractivity contribution in [1.82, 2.24) is 5.32 Å². The summed E-state index contributed by atoms with van der Waals surface area (Å²) >= 11 is 0. The molecule has 1 N–H and O–H groups in total. The molecule has 5 heteroatoms. The van der Waals surface area contributed by atoms with E-state index in [2.05, 4.69) is 5.32 Å². The topological polar surface area (TPSA) is 39.7 Å². The third-order valence-corrected chi connectivity index (χ3v) is 2.57. The zero-order chi connectivity index (χ0) is 12.8. The summed E-state index contributed by atoms with van der Waals surface area (Å²) < 4.78 is 28.9. The maximum atomic E-state index is 13.3. The molecule has 0 saturated carbocycles. The van der Waals surface area contributed by atoms with Gasteiger partial charge in [-0.2, -0.15) is 0 Å². The number of rotatable bonds is 6. The molecule has 1 aromatic carbocycles. The molecule has 0 amide bonds. The molecule has 0 aliphatic carbocycles. The van der Waals surface area contributed by atoms with Crippen molar-refractivity contribution in [1.29, 1.82) is 0 Å². The first-order valence-corrected chi connectivity index (χ1v) is 5.24. The Morgan fingerprint density at radius 2 is 1.82 bits per heavy atom. The van der Waals surface area contributed by atoms with Crippen LogP contribution < -0.4 is 10.1 Å². The van der Waals surface area contributed by atoms with E-state index < -0.39 is 6.29 Å². The molecule has 0 spiro atoms. The Hall–Kier alpha value is -1.17. The van der Waals surface area contributed by atoms with Crippen molar-refractivity contribution in [3.63, 3.8) is 0 Å². The van der Waals surface area contributed by atoms with Gasteiger partial charge in [-0.1, -0.05) is 0 Å². The Kier molecular flexibility index (Phi) is 5.34. The van der Waals surface area contributed by atoms with Crippen molar-refractivity contribution >= 4 is 0 Å². The minimum Gasteiger partial charge on any atom is -0.496 e. The number of benzene rings is 1. The van der Waals surface area contributed by atoms with Crippen LogP contribution in [0.1, 0.15) is 11.6 Å². The predicted molar refractivity (Wildman–Crippen MR) is 62.6 cm³/mol. The average molecular weight is 243 g/mol. The predicted octanol–water partition coefficient (Wildman–Crippen LogP) is 1.71. The van der Waals surface area contributed by atoms with E-state index in [1.54, 1.807) is 13.1 Å². The maximum Gasteiger partial charge on any atom is 0.176 e. The van der Waals surface area contributed by atoms with Crippen molar-refractivity contribution < 1.29 is 18.6 Å². The average Bonchev–Trinajstić information content (AvgIpc) is 2.35. The van der Waals surface area contributed by atoms with Gasteiger partial charge in [0.25, 0.3) is 0 Å². The fourth-order valence-electron chi connectivity index (χ4n) is 1.75. The minimum absolute atomic E-state index is 0.310. The van der Waals surface area contributed by atoms with E-state index >= 15 is 0 Å². The molecule has 0 aliphatic rings. The quantitative estimate of drug-likeness (QED) is 0.772. The van der Waals surface area contributed by atoms with Gasteiger partial charge < -0.3 is 19.5 Å². The Morgan fingerprint density at radius 3 is 2.29 bits per heavy atom. The molecule has 96 valence electrons. The van der Waals surface area contributed by atoms with Crippen LogP contribution in [0.5, 0.6) is 5.75 Å². The molecule has 0 bridgehead atoms. The SMILES string of the molecule is CNC(c1cc(F)ccc1OC)C(OC)OC. The van der Waals surface area contributed by atoms with Crippen LogP contribution in [0.2, 0.25) is 0 Å². The second kappa shape index (κ2) is 6.54. The highest BCUT2D eigenvalue weighted by atomic mass is 19.1. The number of halogens is 1. The first-order valence-electron chi connectivity index (χ1n) is 5.24. The standard InChI is InChI=1S/C12H18FNO3/c1-14-11(12(16-3)17-4)9-7-8(13)5-6-10(9)15-2/h5-7,11-12,14H,1-4H3. The van der Waals surface area contributed by atoms with Gasteiger partial charge in [0.1, 0.15) is 11.6 Å². The third kappa shape index (κ3) is 3.15. The van der Waals surface area contributed by atoms with Gasteiger partial charge in [0.05, 0.1) is 13.2 Å². The molecule has 0 aromatic heterocycles. The third-order valence-electron chi connectivity index (χ3n) is 2.57. The van der Waals surface area contributed by atoms with Crippen molar-refractivity contribution in [2.75, 3.05) is 28.4 Å². The molecule has 4 nitrogen and oxygen atoms in total. The van der Waals surface area contributed by atoms with Crippen LogP contribution >= 0.6 is 0 Å². The molecule has 0 fully saturated rings. The van der Waals surface area contributed by atoms with E-state index in [4.69, 9.17) is 14.2 Å². The van der Waals surface area contributed by atoms with E-state index in [1.807, 2.05) is 0 Å². The van der Waals surface area contributed by atoms with Gasteiger partial charge in [0.15, 0.2) is 6.29 Å². The second-order valence-corrected chi connectivity index (χ2v) is 3.49. The first-order chi connectivity index (χ1) is 8.17. The molecule has 0 heterocycles. The second-order valence-electron chi connectivity index (χ2n) is 3.49. The smallest absolute Gasteiger partial charge is 0.176 e. The molecular weight excluding hydrogens is 225 g/mol. The van der Waals surface area contributed by atoms with E-state index in [0.29, 0.717) is 11.3 Å². The molecule has 17 heavy (non-hydrogen) atoms. The van der Waals surface area contributed by atoms with Gasteiger partial charge in [0.2, 0.25) is 0 Å². The largest absolute Gasteiger partial charge is 0.496 e. The number of methoxy groups -OCH3 is 3. The van der Waals surface area contributed by atoms with Crippen molar-refractivity contribution in [3.8, 4) is 5.75 Å². The summed E-state index contributed by atoms with van der Waals surface area (Å²) in [5.74, 6) is 0.261. The minimum atomic E-state index is -0.518. The summed E-state index contributed by atoms with van der Waals surface area (Å²) in [5.41, 5.74) is 0.656. The zero-order valence-corrected chi connectivity index (χ0v) is 10.5. The molecule has 1 aromatic rings. The highest BCUT2D eigenvalue weighted by molar-refractivity contribution is 5.36. The van der Waals surface area contributed by atoms with Crippen molar-refractivity contribution in [3.05, 3.63) is 29.6 Å². The van der Waals surface area contributed by atoms with Crippen LogP contribution in [0.15, 0.2) is 18.2 Å². The van der Waals surface area contributed by atoms with Crippen molar-refractivity contribution in [2.45, 2.75) is 12.3 Å². The maximum absolute atomic E-state index is 13.3. The van der Waals surface area contributed by atoms with E-state index in [9.17, 15) is 4.39 Å². The van der Waals surface area contributed by atoms with E-state index in [-0.39, 0.29) is 11.9 Å². The fraction of sp³-hybridized carbons (Fsp3) is 0.500. The summed E-state index contributed by atoms with van der Waals surface area (Å²) in [5, 5.41) is 3.03. The molecule has 0 aliphatic heterocycles. The number of likely N-dealkylation sites (N-methyl/N-ethyl adjacent to an activating group) is 1. The molecule has 0 radical (unpaired) electrons. The van der Waals surface area contributed by atoms with Crippen LogP contribution in [0, 0.1) is 5.82 Å². The lowest BCUT2D eigenvalue weighted by Gasteiger charge is -2.26. The highest BCUT2D eigenvalue weighted by Crippen LogP contribution is 2.29. The Morgan fingerprint density at radius 1 is 1.18 bits per heavy atom. The first kappa shape index (κ1) is 13.9. The van der Waals surface area contributed by atoms with Gasteiger partial charge >= 0.3 is 0 Å². The lowest BCUT2D eigenvalue weighted by Crippen LogP contribution is -2.32. The lowest BCUT2D eigenvalue weighted by atomic mass is 10.0. The fourth-order valence-corrected chi connectivity index (χ4v) is 1.75. The zero-order valence-electron chi connectivity index (χ0n) is 10.5. The molecule has 0 saturated heterocycles. The summed E-state index contributed by atoms with van der Waals surface area (Å²) in [6, 6.07) is 4.03. The van der Waals surface area contributed by atoms with Crippen LogP contribution in [0.3, 0.4) is 0 Å². The Balaban J connectivity index is 3.13. The lowest BCUT2D eigenvalue weighted by molar-refractivity contribution is -0.123. The summed E-state index contributed by atoms with van der Waals surface area (Å²) in [4.78, 5) is 0. The summed E-state index contributed by atoms with van der Waals surface area (Å²) in [6.45, 7) is 0. The van der Waals surface area contributed by atoms with Gasteiger partial charge in [-0.3, -0.25) is 0 Å². The van der Waals surface area contributed by atoms with Gasteiger partial charge in [-0.05, 0) is 25.2 Å². The van der Waals surface area contributed by atoms with Gasteiger partial charge in [0, 0.05) is 19.8 Å². The normalized spacial score (nSPS) is 12.8. The molecule has 1 rings (SSSR count). The van der Waals surface area contributed by atoms with Crippen LogP contribution in [0.25, 0.3) is 0 Å². The Bertz CT molecular complexity index is 356. The summed E-state index contributed by atoms with van der Waals surface area (Å²) in [7, 11) is 6.35. The number of nitrogens with one attached hydrogen (secondary N) is 1. The number of ether oxygens (including phenoxy) is 3. The van der Waals surface area contributed by atoms with Crippen molar-refractivity contribution in [2.24, 2.45) is 0 Å². The van der Waals surface area contributed by atoms with Crippen LogP contribution in [0.4, 0.5) is 4.39 Å². The number of hydrogen-bond donors (Lipinski definition) is 1. The van der Waals surface area contributed by atoms with E-state index in [0.717, 1.165) is 0 Å². The Labute approximate surface area is 101 Å². The monoisotopic (exact) mass is 243 g/mol. The number of hydrogen-bond acceptors (Lipinski definition) is 4. The molecule has 1 unspecified atom stereocenters. The highest BCUT2D eigenvalue weighted by Gasteiger charge is 2.24. The summed E-state index contributed by atoms with van der Waals surface area (Å²) in [6.07, 6.45) is -0.518. The van der Waals surface area contributed by atoms with Gasteiger partial charge in [-0.15, -0.1) is 0 Å². The van der Waals surface area contributed by atoms with Gasteiger partial charge in [-0.25, -0.2) is 4.39 Å². The van der Waals surface area contributed by atoms with E-state index in [1.165, 1.54) is 33.5 Å². The van der Waals surface area contributed by atoms with Crippen LogP contribution in [-0.2, 0) is 9.47 Å². The molecule has 1 atom stereocenters. The van der Waals surface area contributed by atoms with Crippen LogP contribution in [-0.4, -0.2) is 34.7 Å². The molecular formula is C12H18FNO3.